The Bertz CT molecular complexity index is 907. The number of methoxy groups -OCH3 is 1. The highest BCUT2D eigenvalue weighted by Gasteiger charge is 2.38. The summed E-state index contributed by atoms with van der Waals surface area (Å²) in [7, 11) is 1.53. The summed E-state index contributed by atoms with van der Waals surface area (Å²) in [5.41, 5.74) is 6.50. The molecule has 0 aromatic heterocycles. The van der Waals surface area contributed by atoms with Crippen LogP contribution in [0, 0.1) is 5.41 Å². The van der Waals surface area contributed by atoms with Crippen molar-refractivity contribution in [2.24, 2.45) is 0 Å². The molecule has 1 aliphatic rings. The monoisotopic (exact) mass is 374 g/mol. The molecule has 7 heteroatoms. The van der Waals surface area contributed by atoms with E-state index in [0.29, 0.717) is 34.7 Å². The number of aliphatic carboxylic acids is 1. The number of nitrogens with one attached hydrogen (secondary N) is 1. The number of halogens is 1. The molecule has 1 fully saturated rings. The highest BCUT2D eigenvalue weighted by molar-refractivity contribution is 6.43. The van der Waals surface area contributed by atoms with Gasteiger partial charge in [-0.05, 0) is 43.0 Å². The topological polar surface area (TPSA) is 117 Å². The Hall–Kier alpha value is -2.57. The minimum Gasteiger partial charge on any atom is -0.496 e. The predicted octanol–water partition coefficient (Wildman–Crippen LogP) is 3.42. The molecule has 0 heterocycles. The van der Waals surface area contributed by atoms with Crippen LogP contribution in [0.25, 0.3) is 11.1 Å². The number of anilines is 1. The highest BCUT2D eigenvalue weighted by atomic mass is 35.5. The van der Waals surface area contributed by atoms with Crippen molar-refractivity contribution in [1.29, 1.82) is 5.41 Å². The number of carboxylic acids is 1. The average Bonchev–Trinajstić information content (AvgIpc) is 2.58. The fourth-order valence-corrected chi connectivity index (χ4v) is 3.45. The fraction of sp³-hybridized carbons (Fsp3) is 0.263. The van der Waals surface area contributed by atoms with Gasteiger partial charge >= 0.3 is 5.97 Å². The molecule has 2 aromatic carbocycles. The van der Waals surface area contributed by atoms with Crippen molar-refractivity contribution in [3.63, 3.8) is 0 Å². The van der Waals surface area contributed by atoms with Crippen LogP contribution in [-0.4, -0.2) is 29.0 Å². The number of aliphatic hydroxyl groups is 1. The Labute approximate surface area is 155 Å². The van der Waals surface area contributed by atoms with Crippen molar-refractivity contribution in [2.75, 3.05) is 12.8 Å². The average molecular weight is 375 g/mol. The van der Waals surface area contributed by atoms with Crippen molar-refractivity contribution < 1.29 is 19.7 Å². The highest BCUT2D eigenvalue weighted by Crippen LogP contribution is 2.46. The first-order valence-corrected chi connectivity index (χ1v) is 8.47. The number of rotatable bonds is 5. The van der Waals surface area contributed by atoms with E-state index in [4.69, 9.17) is 32.6 Å². The van der Waals surface area contributed by atoms with E-state index in [1.54, 1.807) is 18.2 Å². The van der Waals surface area contributed by atoms with E-state index < -0.39 is 17.3 Å². The number of nitrogen functional groups attached to an aromatic ring is 1. The summed E-state index contributed by atoms with van der Waals surface area (Å²) in [6.07, 6.45) is 2.34. The minimum atomic E-state index is -1.37. The van der Waals surface area contributed by atoms with E-state index in [0.717, 1.165) is 12.0 Å². The van der Waals surface area contributed by atoms with Gasteiger partial charge in [-0.3, -0.25) is 5.41 Å². The lowest BCUT2D eigenvalue weighted by atomic mass is 9.74. The molecular weight excluding hydrogens is 356 g/mol. The van der Waals surface area contributed by atoms with Gasteiger partial charge in [0.25, 0.3) is 0 Å². The van der Waals surface area contributed by atoms with Crippen LogP contribution in [0.1, 0.15) is 30.4 Å². The Morgan fingerprint density at radius 2 is 2.00 bits per heavy atom. The van der Waals surface area contributed by atoms with E-state index >= 15 is 0 Å². The quantitative estimate of drug-likeness (QED) is 0.472. The molecule has 6 nitrogen and oxygen atoms in total. The van der Waals surface area contributed by atoms with Gasteiger partial charge in [0.15, 0.2) is 0 Å². The van der Waals surface area contributed by atoms with Gasteiger partial charge in [0, 0.05) is 22.4 Å². The molecule has 0 radical (unpaired) electrons. The third kappa shape index (κ3) is 3.02. The van der Waals surface area contributed by atoms with Gasteiger partial charge in [-0.1, -0.05) is 23.7 Å². The van der Waals surface area contributed by atoms with Crippen molar-refractivity contribution in [3.8, 4) is 16.9 Å². The van der Waals surface area contributed by atoms with Crippen molar-refractivity contribution >= 4 is 29.0 Å². The Balaban J connectivity index is 2.10. The second-order valence-corrected chi connectivity index (χ2v) is 6.81. The molecule has 0 spiro atoms. The van der Waals surface area contributed by atoms with Crippen LogP contribution >= 0.6 is 11.6 Å². The summed E-state index contributed by atoms with van der Waals surface area (Å²) >= 11 is 6.30. The van der Waals surface area contributed by atoms with Crippen LogP contribution in [0.5, 0.6) is 5.75 Å². The summed E-state index contributed by atoms with van der Waals surface area (Å²) in [4.78, 5) is 11.1. The molecule has 136 valence electrons. The van der Waals surface area contributed by atoms with E-state index in [1.807, 2.05) is 0 Å². The molecule has 1 saturated carbocycles. The Morgan fingerprint density at radius 1 is 1.31 bits per heavy atom. The van der Waals surface area contributed by atoms with Crippen LogP contribution in [0.3, 0.4) is 0 Å². The van der Waals surface area contributed by atoms with Gasteiger partial charge in [0.2, 0.25) is 0 Å². The third-order valence-electron chi connectivity index (χ3n) is 4.82. The largest absolute Gasteiger partial charge is 0.496 e. The van der Waals surface area contributed by atoms with E-state index in [9.17, 15) is 9.90 Å². The number of ether oxygens (including phenoxy) is 1. The van der Waals surface area contributed by atoms with Gasteiger partial charge < -0.3 is 20.7 Å². The predicted molar refractivity (Wildman–Crippen MR) is 100 cm³/mol. The maximum Gasteiger partial charge on any atom is 0.354 e. The Morgan fingerprint density at radius 3 is 2.54 bits per heavy atom. The van der Waals surface area contributed by atoms with Crippen LogP contribution in [0.4, 0.5) is 5.69 Å². The standard InChI is InChI=1S/C19H19ClN2O4/c1-26-16-7-10(3-4-13(16)19(25)5-2-6-19)11-8-12(17(22)18(23)24)15(21)9-14(11)20/h3-4,7-9,22,25H,2,5-6,21H2,1H3,(H,23,24). The van der Waals surface area contributed by atoms with Crippen LogP contribution in [0.15, 0.2) is 30.3 Å². The summed E-state index contributed by atoms with van der Waals surface area (Å²) in [5, 5.41) is 27.7. The first kappa shape index (κ1) is 18.2. The van der Waals surface area contributed by atoms with Crippen molar-refractivity contribution in [1.82, 2.24) is 0 Å². The second-order valence-electron chi connectivity index (χ2n) is 6.40. The number of nitrogens with two attached hydrogens (primary N) is 1. The molecule has 0 atom stereocenters. The molecule has 3 rings (SSSR count). The molecule has 2 aromatic rings. The van der Waals surface area contributed by atoms with Gasteiger partial charge in [0.05, 0.1) is 17.7 Å². The SMILES string of the molecule is COc1cc(-c2cc(C(=N)C(=O)O)c(N)cc2Cl)ccc1C1(O)CCC1. The smallest absolute Gasteiger partial charge is 0.354 e. The van der Waals surface area contributed by atoms with E-state index in [1.165, 1.54) is 19.2 Å². The molecule has 1 aliphatic carbocycles. The van der Waals surface area contributed by atoms with Gasteiger partial charge in [-0.15, -0.1) is 0 Å². The van der Waals surface area contributed by atoms with Gasteiger partial charge in [0.1, 0.15) is 11.5 Å². The van der Waals surface area contributed by atoms with Gasteiger partial charge in [-0.25, -0.2) is 4.79 Å². The zero-order valence-electron chi connectivity index (χ0n) is 14.2. The lowest BCUT2D eigenvalue weighted by molar-refractivity contribution is -0.129. The van der Waals surface area contributed by atoms with Crippen LogP contribution in [0.2, 0.25) is 5.02 Å². The second kappa shape index (κ2) is 6.63. The molecule has 0 saturated heterocycles. The zero-order valence-corrected chi connectivity index (χ0v) is 14.9. The van der Waals surface area contributed by atoms with Gasteiger partial charge in [-0.2, -0.15) is 0 Å². The lowest BCUT2D eigenvalue weighted by Gasteiger charge is -2.38. The Kier molecular flexibility index (Phi) is 4.64. The minimum absolute atomic E-state index is 0.0950. The maximum absolute atomic E-state index is 11.1. The molecule has 0 bridgehead atoms. The van der Waals surface area contributed by atoms with Crippen molar-refractivity contribution in [2.45, 2.75) is 24.9 Å². The first-order valence-electron chi connectivity index (χ1n) is 8.09. The molecule has 0 amide bonds. The summed E-state index contributed by atoms with van der Waals surface area (Å²) in [6, 6.07) is 8.25. The van der Waals surface area contributed by atoms with Crippen LogP contribution < -0.4 is 10.5 Å². The lowest BCUT2D eigenvalue weighted by Crippen LogP contribution is -2.33. The number of hydrogen-bond donors (Lipinski definition) is 4. The first-order chi connectivity index (χ1) is 12.3. The maximum atomic E-state index is 11.1. The summed E-state index contributed by atoms with van der Waals surface area (Å²) in [5.74, 6) is -0.836. The van der Waals surface area contributed by atoms with E-state index in [2.05, 4.69) is 0 Å². The van der Waals surface area contributed by atoms with Crippen molar-refractivity contribution in [3.05, 3.63) is 46.5 Å². The third-order valence-corrected chi connectivity index (χ3v) is 5.13. The molecule has 0 unspecified atom stereocenters. The number of carboxylic acid groups (broad SMARTS) is 1. The molecule has 5 N–H and O–H groups in total. The van der Waals surface area contributed by atoms with E-state index in [-0.39, 0.29) is 11.3 Å². The normalized spacial score (nSPS) is 15.2. The fourth-order valence-electron chi connectivity index (χ4n) is 3.17. The van der Waals surface area contributed by atoms with Crippen LogP contribution in [-0.2, 0) is 10.4 Å². The molecule has 26 heavy (non-hydrogen) atoms. The number of benzene rings is 2. The summed E-state index contributed by atoms with van der Waals surface area (Å²) in [6.45, 7) is 0. The molecule has 0 aliphatic heterocycles. The number of hydrogen-bond acceptors (Lipinski definition) is 5. The molecular formula is C19H19ClN2O4. The summed E-state index contributed by atoms with van der Waals surface area (Å²) < 4.78 is 5.44. The number of carbonyl (C=O) groups is 1. The zero-order chi connectivity index (χ0) is 19.1.